The molecule has 2 aliphatic carbocycles. The highest BCUT2D eigenvalue weighted by Gasteiger charge is 2.55. The second-order valence-corrected chi connectivity index (χ2v) is 7.86. The van der Waals surface area contributed by atoms with Crippen LogP contribution in [0.5, 0.6) is 0 Å². The summed E-state index contributed by atoms with van der Waals surface area (Å²) in [7, 11) is 0. The second kappa shape index (κ2) is 6.23. The van der Waals surface area contributed by atoms with E-state index in [2.05, 4.69) is 22.8 Å². The van der Waals surface area contributed by atoms with Crippen molar-refractivity contribution in [3.8, 4) is 0 Å². The number of hydrogen-bond acceptors (Lipinski definition) is 2. The zero-order valence-corrected chi connectivity index (χ0v) is 14.1. The summed E-state index contributed by atoms with van der Waals surface area (Å²) >= 11 is 0. The predicted octanol–water partition coefficient (Wildman–Crippen LogP) is 2.43. The van der Waals surface area contributed by atoms with E-state index in [0.717, 1.165) is 38.6 Å². The Kier molecular flexibility index (Phi) is 4.07. The molecule has 2 bridgehead atoms. The summed E-state index contributed by atoms with van der Waals surface area (Å²) < 4.78 is 0. The highest BCUT2D eigenvalue weighted by Crippen LogP contribution is 2.57. The lowest BCUT2D eigenvalue weighted by Crippen LogP contribution is -2.55. The van der Waals surface area contributed by atoms with Crippen molar-refractivity contribution < 1.29 is 9.59 Å². The smallest absolute Gasteiger partial charge is 0.242 e. The van der Waals surface area contributed by atoms with E-state index in [-0.39, 0.29) is 23.3 Å². The van der Waals surface area contributed by atoms with Crippen molar-refractivity contribution in [2.45, 2.75) is 51.0 Å². The summed E-state index contributed by atoms with van der Waals surface area (Å²) in [6.07, 6.45) is 7.07. The predicted molar refractivity (Wildman–Crippen MR) is 92.2 cm³/mol. The van der Waals surface area contributed by atoms with E-state index in [0.29, 0.717) is 11.8 Å². The maximum atomic E-state index is 13.3. The molecule has 2 saturated carbocycles. The molecule has 3 aliphatic rings. The minimum atomic E-state index is -0.349. The maximum Gasteiger partial charge on any atom is 0.242 e. The molecule has 1 aromatic rings. The largest absolute Gasteiger partial charge is 0.354 e. The van der Waals surface area contributed by atoms with Crippen LogP contribution in [0.1, 0.15) is 44.1 Å². The molecule has 4 heteroatoms. The van der Waals surface area contributed by atoms with E-state index in [1.54, 1.807) is 0 Å². The Morgan fingerprint density at radius 1 is 1.21 bits per heavy atom. The lowest BCUT2D eigenvalue weighted by atomic mass is 9.68. The van der Waals surface area contributed by atoms with Gasteiger partial charge in [0.25, 0.3) is 0 Å². The Bertz CT molecular complexity index is 630. The Balaban J connectivity index is 1.56. The molecule has 128 valence electrons. The number of hydrogen-bond donors (Lipinski definition) is 2. The van der Waals surface area contributed by atoms with Gasteiger partial charge in [-0.3, -0.25) is 9.59 Å². The fraction of sp³-hybridized carbons (Fsp3) is 0.600. The molecule has 1 heterocycles. The van der Waals surface area contributed by atoms with Crippen LogP contribution in [0.25, 0.3) is 0 Å². The molecule has 24 heavy (non-hydrogen) atoms. The van der Waals surface area contributed by atoms with Crippen LogP contribution in [0.3, 0.4) is 0 Å². The summed E-state index contributed by atoms with van der Waals surface area (Å²) in [5, 5.41) is 5.98. The molecule has 4 rings (SSSR count). The van der Waals surface area contributed by atoms with Crippen LogP contribution in [0.4, 0.5) is 0 Å². The Morgan fingerprint density at radius 3 is 2.71 bits per heavy atom. The van der Waals surface area contributed by atoms with Crippen LogP contribution in [-0.2, 0) is 16.0 Å². The highest BCUT2D eigenvalue weighted by molar-refractivity contribution is 5.91. The third kappa shape index (κ3) is 2.72. The van der Waals surface area contributed by atoms with Crippen LogP contribution in [-0.4, -0.2) is 24.4 Å². The van der Waals surface area contributed by atoms with Crippen LogP contribution in [0, 0.1) is 17.3 Å². The van der Waals surface area contributed by atoms with Crippen molar-refractivity contribution in [3.63, 3.8) is 0 Å². The van der Waals surface area contributed by atoms with Crippen molar-refractivity contribution in [2.24, 2.45) is 17.3 Å². The Labute approximate surface area is 143 Å². The van der Waals surface area contributed by atoms with Gasteiger partial charge in [-0.15, -0.1) is 0 Å². The number of carbonyl (C=O) groups excluding carboxylic acids is 2. The molecule has 4 atom stereocenters. The van der Waals surface area contributed by atoms with Gasteiger partial charge >= 0.3 is 0 Å². The third-order valence-corrected chi connectivity index (χ3v) is 6.38. The number of benzene rings is 1. The van der Waals surface area contributed by atoms with E-state index in [1.165, 1.54) is 18.4 Å². The van der Waals surface area contributed by atoms with Gasteiger partial charge in [-0.2, -0.15) is 0 Å². The monoisotopic (exact) mass is 326 g/mol. The molecular formula is C20H26N2O2. The second-order valence-electron chi connectivity index (χ2n) is 7.86. The molecule has 4 nitrogen and oxygen atoms in total. The Morgan fingerprint density at radius 2 is 2.04 bits per heavy atom. The van der Waals surface area contributed by atoms with Gasteiger partial charge in [-0.05, 0) is 55.9 Å². The number of carbonyl (C=O) groups is 2. The van der Waals surface area contributed by atoms with Crippen molar-refractivity contribution >= 4 is 11.8 Å². The first-order valence-electron chi connectivity index (χ1n) is 9.30. The molecular weight excluding hydrogens is 300 g/mol. The summed E-state index contributed by atoms with van der Waals surface area (Å²) in [6, 6.07) is 10.00. The molecule has 4 unspecified atom stereocenters. The van der Waals surface area contributed by atoms with Crippen molar-refractivity contribution in [1.82, 2.24) is 10.6 Å². The van der Waals surface area contributed by atoms with Gasteiger partial charge in [0.2, 0.25) is 11.8 Å². The molecule has 0 radical (unpaired) electrons. The minimum absolute atomic E-state index is 0.0207. The van der Waals surface area contributed by atoms with Crippen LogP contribution in [0.15, 0.2) is 30.3 Å². The average Bonchev–Trinajstić information content (AvgIpc) is 3.19. The highest BCUT2D eigenvalue weighted by atomic mass is 16.2. The maximum absolute atomic E-state index is 13.3. The average molecular weight is 326 g/mol. The van der Waals surface area contributed by atoms with Gasteiger partial charge in [0, 0.05) is 6.54 Å². The summed E-state index contributed by atoms with van der Waals surface area (Å²) in [5.74, 6) is 1.24. The van der Waals surface area contributed by atoms with Crippen LogP contribution < -0.4 is 10.6 Å². The fourth-order valence-electron chi connectivity index (χ4n) is 5.19. The topological polar surface area (TPSA) is 58.2 Å². The quantitative estimate of drug-likeness (QED) is 0.893. The molecule has 2 N–H and O–H groups in total. The zero-order valence-electron chi connectivity index (χ0n) is 14.1. The van der Waals surface area contributed by atoms with E-state index in [4.69, 9.17) is 0 Å². The first-order chi connectivity index (χ1) is 11.7. The number of piperidine rings is 1. The molecule has 1 aliphatic heterocycles. The van der Waals surface area contributed by atoms with Crippen molar-refractivity contribution in [3.05, 3.63) is 35.9 Å². The number of rotatable bonds is 4. The Hall–Kier alpha value is -1.84. The molecule has 1 saturated heterocycles. The normalized spacial score (nSPS) is 34.8. The lowest BCUT2D eigenvalue weighted by Gasteiger charge is -2.38. The minimum Gasteiger partial charge on any atom is -0.354 e. The first-order valence-corrected chi connectivity index (χ1v) is 9.30. The van der Waals surface area contributed by atoms with Crippen molar-refractivity contribution in [1.29, 1.82) is 0 Å². The molecule has 0 aromatic heterocycles. The summed E-state index contributed by atoms with van der Waals surface area (Å²) in [6.45, 7) is 0.727. The van der Waals surface area contributed by atoms with E-state index < -0.39 is 0 Å². The van der Waals surface area contributed by atoms with Crippen LogP contribution in [0.2, 0.25) is 0 Å². The molecule has 3 fully saturated rings. The van der Waals surface area contributed by atoms with E-state index in [1.807, 2.05) is 18.2 Å². The van der Waals surface area contributed by atoms with Gasteiger partial charge in [0.05, 0.1) is 5.41 Å². The molecule has 2 amide bonds. The number of nitrogens with one attached hydrogen (secondary N) is 2. The van der Waals surface area contributed by atoms with Gasteiger partial charge in [0.1, 0.15) is 6.04 Å². The lowest BCUT2D eigenvalue weighted by molar-refractivity contribution is -0.138. The van der Waals surface area contributed by atoms with E-state index in [9.17, 15) is 9.59 Å². The molecule has 1 aromatic carbocycles. The zero-order chi connectivity index (χ0) is 16.6. The number of amides is 2. The van der Waals surface area contributed by atoms with Crippen LogP contribution >= 0.6 is 0 Å². The summed E-state index contributed by atoms with van der Waals surface area (Å²) in [4.78, 5) is 25.3. The van der Waals surface area contributed by atoms with Gasteiger partial charge in [-0.1, -0.05) is 36.8 Å². The first kappa shape index (κ1) is 15.7. The van der Waals surface area contributed by atoms with Gasteiger partial charge in [0.15, 0.2) is 0 Å². The van der Waals surface area contributed by atoms with Gasteiger partial charge < -0.3 is 10.6 Å². The molecule has 0 spiro atoms. The summed E-state index contributed by atoms with van der Waals surface area (Å²) in [5.41, 5.74) is 0.912. The van der Waals surface area contributed by atoms with Crippen molar-refractivity contribution in [2.75, 3.05) is 6.54 Å². The SMILES string of the molecule is O=C1NCCCC1NC(=O)C1(Cc2ccccc2)CC2CCC1C2. The van der Waals surface area contributed by atoms with E-state index >= 15 is 0 Å². The van der Waals surface area contributed by atoms with Gasteiger partial charge in [-0.25, -0.2) is 0 Å². The number of fused-ring (bicyclic) bond motifs is 2. The third-order valence-electron chi connectivity index (χ3n) is 6.38. The fourth-order valence-corrected chi connectivity index (χ4v) is 5.19. The standard InChI is InChI=1S/C20H26N2O2/c23-18-17(7-4-10-21-18)22-19(24)20(12-14-5-2-1-3-6-14)13-15-8-9-16(20)11-15/h1-3,5-6,15-17H,4,7-13H2,(H,21,23)(H,22,24).